The van der Waals surface area contributed by atoms with E-state index in [0.717, 1.165) is 7.11 Å². The Labute approximate surface area is 81.7 Å². The van der Waals surface area contributed by atoms with Gasteiger partial charge in [0, 0.05) is 0 Å². The lowest BCUT2D eigenvalue weighted by Crippen LogP contribution is -2.09. The summed E-state index contributed by atoms with van der Waals surface area (Å²) in [4.78, 5) is 3.15. The number of hydrogen-bond acceptors (Lipinski definition) is 2. The summed E-state index contributed by atoms with van der Waals surface area (Å²) in [5.74, 6) is -0.577. The van der Waals surface area contributed by atoms with Crippen molar-refractivity contribution < 1.29 is 26.7 Å². The van der Waals surface area contributed by atoms with Crippen LogP contribution in [0.25, 0.3) is 0 Å². The van der Waals surface area contributed by atoms with E-state index in [2.05, 4.69) is 9.72 Å². The van der Waals surface area contributed by atoms with E-state index in [9.17, 15) is 22.0 Å². The summed E-state index contributed by atoms with van der Waals surface area (Å²) in [5.41, 5.74) is -2.18. The average Bonchev–Trinajstić information content (AvgIpc) is 2.15. The van der Waals surface area contributed by atoms with Crippen LogP contribution in [0.1, 0.15) is 17.7 Å². The molecule has 0 bridgehead atoms. The first-order valence-electron chi connectivity index (χ1n) is 3.75. The van der Waals surface area contributed by atoms with Gasteiger partial charge in [0.2, 0.25) is 0 Å². The second kappa shape index (κ2) is 4.00. The number of alkyl halides is 5. The highest BCUT2D eigenvalue weighted by Gasteiger charge is 2.35. The fourth-order valence-electron chi connectivity index (χ4n) is 0.963. The first kappa shape index (κ1) is 11.7. The molecule has 0 aliphatic heterocycles. The van der Waals surface area contributed by atoms with Crippen LogP contribution in [-0.2, 0) is 6.18 Å². The molecule has 0 amide bonds. The Morgan fingerprint density at radius 3 is 2.33 bits per heavy atom. The van der Waals surface area contributed by atoms with Gasteiger partial charge in [-0.1, -0.05) is 0 Å². The van der Waals surface area contributed by atoms with Crippen LogP contribution < -0.4 is 4.74 Å². The van der Waals surface area contributed by atoms with Crippen LogP contribution >= 0.6 is 0 Å². The molecule has 0 aromatic carbocycles. The molecule has 0 atom stereocenters. The molecule has 0 N–H and O–H groups in total. The summed E-state index contributed by atoms with van der Waals surface area (Å²) in [6.45, 7) is 0. The molecule has 0 fully saturated rings. The number of halogens is 5. The largest absolute Gasteiger partial charge is 0.495 e. The van der Waals surface area contributed by atoms with Gasteiger partial charge in [-0.25, -0.2) is 8.78 Å². The summed E-state index contributed by atoms with van der Waals surface area (Å²) in [6, 6.07) is 0.281. The maximum Gasteiger partial charge on any atom is 0.420 e. The van der Waals surface area contributed by atoms with Gasteiger partial charge in [0.1, 0.15) is 17.0 Å². The van der Waals surface area contributed by atoms with Crippen LogP contribution in [0.15, 0.2) is 12.3 Å². The minimum Gasteiger partial charge on any atom is -0.495 e. The Morgan fingerprint density at radius 2 is 1.93 bits per heavy atom. The SMILES string of the molecule is COc1cnc(C(F)F)cc1C(F)(F)F. The van der Waals surface area contributed by atoms with Crippen LogP contribution in [0.3, 0.4) is 0 Å². The molecule has 0 saturated heterocycles. The first-order valence-corrected chi connectivity index (χ1v) is 3.75. The molecule has 7 heteroatoms. The van der Waals surface area contributed by atoms with Gasteiger partial charge in [-0.3, -0.25) is 4.98 Å². The smallest absolute Gasteiger partial charge is 0.420 e. The number of rotatable bonds is 2. The zero-order chi connectivity index (χ0) is 11.6. The maximum absolute atomic E-state index is 12.3. The Hall–Kier alpha value is -1.40. The third kappa shape index (κ3) is 2.54. The highest BCUT2D eigenvalue weighted by Crippen LogP contribution is 2.37. The molecule has 1 heterocycles. The van der Waals surface area contributed by atoms with Crippen LogP contribution in [0, 0.1) is 0 Å². The fraction of sp³-hybridized carbons (Fsp3) is 0.375. The van der Waals surface area contributed by atoms with Gasteiger partial charge < -0.3 is 4.74 Å². The topological polar surface area (TPSA) is 22.1 Å². The summed E-state index contributed by atoms with van der Waals surface area (Å²) in [5, 5.41) is 0. The quantitative estimate of drug-likeness (QED) is 0.724. The van der Waals surface area contributed by atoms with Crippen LogP contribution in [0.4, 0.5) is 22.0 Å². The number of ether oxygens (including phenoxy) is 1. The molecule has 0 spiro atoms. The molecule has 1 rings (SSSR count). The molecule has 1 aromatic rings. The van der Waals surface area contributed by atoms with E-state index in [1.54, 1.807) is 0 Å². The van der Waals surface area contributed by atoms with Gasteiger partial charge >= 0.3 is 6.18 Å². The minimum absolute atomic E-state index is 0.281. The molecular formula is C8H6F5NO. The van der Waals surface area contributed by atoms with E-state index in [0.29, 0.717) is 6.20 Å². The molecule has 84 valence electrons. The number of pyridine rings is 1. The van der Waals surface area contributed by atoms with Crippen molar-refractivity contribution in [2.24, 2.45) is 0 Å². The zero-order valence-electron chi connectivity index (χ0n) is 7.48. The van der Waals surface area contributed by atoms with E-state index in [4.69, 9.17) is 0 Å². The zero-order valence-corrected chi connectivity index (χ0v) is 7.48. The summed E-state index contributed by atoms with van der Waals surface area (Å²) < 4.78 is 65.6. The van der Waals surface area contributed by atoms with Crippen molar-refractivity contribution in [1.29, 1.82) is 0 Å². The highest BCUT2D eigenvalue weighted by molar-refractivity contribution is 5.35. The molecule has 0 aliphatic rings. The third-order valence-electron chi connectivity index (χ3n) is 1.64. The molecule has 15 heavy (non-hydrogen) atoms. The van der Waals surface area contributed by atoms with Crippen molar-refractivity contribution in [2.45, 2.75) is 12.6 Å². The summed E-state index contributed by atoms with van der Waals surface area (Å²) >= 11 is 0. The van der Waals surface area contributed by atoms with Gasteiger partial charge in [-0.15, -0.1) is 0 Å². The van der Waals surface area contributed by atoms with E-state index < -0.39 is 29.6 Å². The molecular weight excluding hydrogens is 221 g/mol. The minimum atomic E-state index is -4.74. The average molecular weight is 227 g/mol. The van der Waals surface area contributed by atoms with E-state index in [1.165, 1.54) is 0 Å². The Kier molecular flexibility index (Phi) is 3.11. The Bertz CT molecular complexity index is 349. The Balaban J connectivity index is 3.26. The predicted molar refractivity (Wildman–Crippen MR) is 40.7 cm³/mol. The number of hydrogen-bond donors (Lipinski definition) is 0. The van der Waals surface area contributed by atoms with Crippen molar-refractivity contribution in [3.05, 3.63) is 23.5 Å². The number of methoxy groups -OCH3 is 1. The highest BCUT2D eigenvalue weighted by atomic mass is 19.4. The molecule has 1 aromatic heterocycles. The monoisotopic (exact) mass is 227 g/mol. The predicted octanol–water partition coefficient (Wildman–Crippen LogP) is 3.05. The van der Waals surface area contributed by atoms with E-state index >= 15 is 0 Å². The van der Waals surface area contributed by atoms with Crippen molar-refractivity contribution in [2.75, 3.05) is 7.11 Å². The molecule has 0 aliphatic carbocycles. The van der Waals surface area contributed by atoms with E-state index in [-0.39, 0.29) is 6.07 Å². The van der Waals surface area contributed by atoms with Crippen LogP contribution in [0.2, 0.25) is 0 Å². The second-order valence-electron chi connectivity index (χ2n) is 2.61. The van der Waals surface area contributed by atoms with Crippen molar-refractivity contribution in [3.63, 3.8) is 0 Å². The molecule has 2 nitrogen and oxygen atoms in total. The first-order chi connectivity index (χ1) is 6.86. The van der Waals surface area contributed by atoms with Crippen LogP contribution in [0.5, 0.6) is 5.75 Å². The van der Waals surface area contributed by atoms with Gasteiger partial charge in [-0.05, 0) is 6.07 Å². The second-order valence-corrected chi connectivity index (χ2v) is 2.61. The molecule has 0 unspecified atom stereocenters. The third-order valence-corrected chi connectivity index (χ3v) is 1.64. The molecule has 0 saturated carbocycles. The van der Waals surface area contributed by atoms with Gasteiger partial charge in [0.25, 0.3) is 6.43 Å². The van der Waals surface area contributed by atoms with Gasteiger partial charge in [0.05, 0.1) is 13.3 Å². The van der Waals surface area contributed by atoms with Crippen molar-refractivity contribution in [3.8, 4) is 5.75 Å². The van der Waals surface area contributed by atoms with Crippen LogP contribution in [-0.4, -0.2) is 12.1 Å². The molecule has 0 radical (unpaired) electrons. The maximum atomic E-state index is 12.3. The number of nitrogens with zero attached hydrogens (tertiary/aromatic N) is 1. The lowest BCUT2D eigenvalue weighted by Gasteiger charge is -2.12. The standard InChI is InChI=1S/C8H6F5NO/c1-15-6-3-14-5(7(9)10)2-4(6)8(11,12)13/h2-3,7H,1H3. The van der Waals surface area contributed by atoms with Crippen molar-refractivity contribution in [1.82, 2.24) is 4.98 Å². The van der Waals surface area contributed by atoms with Crippen molar-refractivity contribution >= 4 is 0 Å². The van der Waals surface area contributed by atoms with Gasteiger partial charge in [-0.2, -0.15) is 13.2 Å². The lowest BCUT2D eigenvalue weighted by atomic mass is 10.2. The fourth-order valence-corrected chi connectivity index (χ4v) is 0.963. The summed E-state index contributed by atoms with van der Waals surface area (Å²) in [6.07, 6.45) is -7.15. The lowest BCUT2D eigenvalue weighted by molar-refractivity contribution is -0.139. The summed E-state index contributed by atoms with van der Waals surface area (Å²) in [7, 11) is 1.01. The van der Waals surface area contributed by atoms with Gasteiger partial charge in [0.15, 0.2) is 0 Å². The Morgan fingerprint density at radius 1 is 1.33 bits per heavy atom. The van der Waals surface area contributed by atoms with E-state index in [1.807, 2.05) is 0 Å². The normalized spacial score (nSPS) is 11.9. The number of aromatic nitrogens is 1.